The van der Waals surface area contributed by atoms with Crippen molar-refractivity contribution in [3.8, 4) is 0 Å². The lowest BCUT2D eigenvalue weighted by molar-refractivity contribution is -0.132. The van der Waals surface area contributed by atoms with Crippen LogP contribution in [0.15, 0.2) is 29.6 Å². The second-order valence-corrected chi connectivity index (χ2v) is 5.22. The van der Waals surface area contributed by atoms with Crippen molar-refractivity contribution in [2.24, 2.45) is 5.10 Å². The van der Waals surface area contributed by atoms with Crippen LogP contribution < -0.4 is 5.32 Å². The predicted octanol–water partition coefficient (Wildman–Crippen LogP) is 1.67. The number of nitrogens with one attached hydrogen (secondary N) is 1. The molecule has 0 bridgehead atoms. The molecule has 1 saturated heterocycles. The van der Waals surface area contributed by atoms with Crippen LogP contribution in [0, 0.1) is 0 Å². The second-order valence-electron chi connectivity index (χ2n) is 5.22. The first-order valence-corrected chi connectivity index (χ1v) is 6.82. The predicted molar refractivity (Wildman–Crippen MR) is 73.0 cm³/mol. The number of hydrazone groups is 1. The van der Waals surface area contributed by atoms with E-state index >= 15 is 0 Å². The monoisotopic (exact) mass is 272 g/mol. The number of hydrogen-bond acceptors (Lipinski definition) is 4. The average Bonchev–Trinajstić information content (AvgIpc) is 2.70. The van der Waals surface area contributed by atoms with Gasteiger partial charge in [0.05, 0.1) is 6.21 Å². The van der Waals surface area contributed by atoms with Gasteiger partial charge < -0.3 is 5.32 Å². The lowest BCUT2D eigenvalue weighted by Crippen LogP contribution is -2.48. The molecule has 3 amide bonds. The first kappa shape index (κ1) is 12.8. The van der Waals surface area contributed by atoms with E-state index in [1.807, 2.05) is 6.07 Å². The quantitative estimate of drug-likeness (QED) is 0.657. The summed E-state index contributed by atoms with van der Waals surface area (Å²) in [5.41, 5.74) is 0.0272. The molecule has 0 atom stereocenters. The standard InChI is InChI=1S/C14H16N4O2/c19-12-14(6-2-1-3-7-14)17-13(20)18(12)16-10-11-5-4-8-15-9-11/h4-5,8-10H,1-3,6-7H2,(H,17,20). The number of hydrogen-bond donors (Lipinski definition) is 1. The van der Waals surface area contributed by atoms with Crippen molar-refractivity contribution >= 4 is 18.2 Å². The van der Waals surface area contributed by atoms with Crippen molar-refractivity contribution in [3.05, 3.63) is 30.1 Å². The van der Waals surface area contributed by atoms with Crippen LogP contribution in [0.3, 0.4) is 0 Å². The van der Waals surface area contributed by atoms with Crippen molar-refractivity contribution in [2.45, 2.75) is 37.6 Å². The maximum Gasteiger partial charge on any atom is 0.346 e. The Labute approximate surface area is 116 Å². The molecular formula is C14H16N4O2. The van der Waals surface area contributed by atoms with Gasteiger partial charge in [-0.15, -0.1) is 5.01 Å². The molecule has 1 aliphatic carbocycles. The summed E-state index contributed by atoms with van der Waals surface area (Å²) in [7, 11) is 0. The molecule has 6 nitrogen and oxygen atoms in total. The van der Waals surface area contributed by atoms with Crippen LogP contribution in [-0.4, -0.2) is 33.7 Å². The molecular weight excluding hydrogens is 256 g/mol. The molecule has 1 aliphatic heterocycles. The lowest BCUT2D eigenvalue weighted by Gasteiger charge is -2.29. The highest BCUT2D eigenvalue weighted by molar-refractivity contribution is 6.07. The van der Waals surface area contributed by atoms with Crippen LogP contribution in [0.25, 0.3) is 0 Å². The van der Waals surface area contributed by atoms with Crippen molar-refractivity contribution < 1.29 is 9.59 Å². The summed E-state index contributed by atoms with van der Waals surface area (Å²) in [5.74, 6) is -0.234. The third kappa shape index (κ3) is 2.17. The molecule has 1 saturated carbocycles. The van der Waals surface area contributed by atoms with Crippen LogP contribution in [0.2, 0.25) is 0 Å². The number of carbonyl (C=O) groups excluding carboxylic acids is 2. The molecule has 2 fully saturated rings. The minimum atomic E-state index is -0.721. The summed E-state index contributed by atoms with van der Waals surface area (Å²) in [6.07, 6.45) is 9.21. The lowest BCUT2D eigenvalue weighted by atomic mass is 9.82. The number of urea groups is 1. The Hall–Kier alpha value is -2.24. The fourth-order valence-corrected chi connectivity index (χ4v) is 2.78. The van der Waals surface area contributed by atoms with E-state index < -0.39 is 11.6 Å². The minimum Gasteiger partial charge on any atom is -0.321 e. The molecule has 0 unspecified atom stereocenters. The Bertz CT molecular complexity index is 550. The highest BCUT2D eigenvalue weighted by Crippen LogP contribution is 2.33. The van der Waals surface area contributed by atoms with Gasteiger partial charge in [-0.05, 0) is 18.9 Å². The maximum atomic E-state index is 12.4. The van der Waals surface area contributed by atoms with E-state index in [0.29, 0.717) is 12.8 Å². The first-order chi connectivity index (χ1) is 9.71. The van der Waals surface area contributed by atoms with Gasteiger partial charge in [-0.25, -0.2) is 4.79 Å². The molecule has 0 aromatic carbocycles. The zero-order valence-electron chi connectivity index (χ0n) is 11.1. The van der Waals surface area contributed by atoms with Gasteiger partial charge in [-0.1, -0.05) is 25.3 Å². The zero-order valence-corrected chi connectivity index (χ0v) is 11.1. The van der Waals surface area contributed by atoms with Crippen molar-refractivity contribution in [1.29, 1.82) is 0 Å². The Morgan fingerprint density at radius 1 is 1.30 bits per heavy atom. The van der Waals surface area contributed by atoms with E-state index in [1.54, 1.807) is 18.5 Å². The topological polar surface area (TPSA) is 74.7 Å². The minimum absolute atomic E-state index is 0.234. The average molecular weight is 272 g/mol. The smallest absolute Gasteiger partial charge is 0.321 e. The number of rotatable bonds is 2. The van der Waals surface area contributed by atoms with Crippen LogP contribution in [0.4, 0.5) is 4.79 Å². The van der Waals surface area contributed by atoms with E-state index in [1.165, 1.54) is 6.21 Å². The number of nitrogens with zero attached hydrogens (tertiary/aromatic N) is 3. The SMILES string of the molecule is O=C1NC2(CCCCC2)C(=O)N1N=Cc1cccnc1. The zero-order chi connectivity index (χ0) is 14.0. The Balaban J connectivity index is 1.79. The Kier molecular flexibility index (Phi) is 3.22. The van der Waals surface area contributed by atoms with Crippen LogP contribution >= 0.6 is 0 Å². The van der Waals surface area contributed by atoms with Crippen molar-refractivity contribution in [2.75, 3.05) is 0 Å². The fraction of sp³-hybridized carbons (Fsp3) is 0.429. The maximum absolute atomic E-state index is 12.4. The van der Waals surface area contributed by atoms with Gasteiger partial charge in [0.1, 0.15) is 5.54 Å². The second kappa shape index (κ2) is 5.03. The van der Waals surface area contributed by atoms with E-state index in [4.69, 9.17) is 0 Å². The summed E-state index contributed by atoms with van der Waals surface area (Å²) in [4.78, 5) is 28.3. The fourth-order valence-electron chi connectivity index (χ4n) is 2.78. The Morgan fingerprint density at radius 2 is 2.10 bits per heavy atom. The van der Waals surface area contributed by atoms with Gasteiger partial charge in [0.15, 0.2) is 0 Å². The van der Waals surface area contributed by atoms with Crippen LogP contribution in [-0.2, 0) is 4.79 Å². The number of amides is 3. The molecule has 1 aromatic heterocycles. The summed E-state index contributed by atoms with van der Waals surface area (Å²) in [6, 6.07) is 3.15. The molecule has 6 heteroatoms. The summed E-state index contributed by atoms with van der Waals surface area (Å²) in [6.45, 7) is 0. The molecule has 104 valence electrons. The van der Waals surface area contributed by atoms with Gasteiger partial charge in [0.2, 0.25) is 0 Å². The molecule has 2 aliphatic rings. The van der Waals surface area contributed by atoms with Crippen molar-refractivity contribution in [1.82, 2.24) is 15.3 Å². The van der Waals surface area contributed by atoms with Crippen molar-refractivity contribution in [3.63, 3.8) is 0 Å². The van der Waals surface area contributed by atoms with E-state index in [-0.39, 0.29) is 5.91 Å². The molecule has 0 radical (unpaired) electrons. The third-order valence-corrected chi connectivity index (χ3v) is 3.85. The van der Waals surface area contributed by atoms with Crippen LogP contribution in [0.5, 0.6) is 0 Å². The van der Waals surface area contributed by atoms with Gasteiger partial charge >= 0.3 is 6.03 Å². The number of imide groups is 1. The van der Waals surface area contributed by atoms with E-state index in [0.717, 1.165) is 29.8 Å². The van der Waals surface area contributed by atoms with E-state index in [9.17, 15) is 9.59 Å². The molecule has 1 spiro atoms. The molecule has 1 aromatic rings. The largest absolute Gasteiger partial charge is 0.346 e. The summed E-state index contributed by atoms with van der Waals surface area (Å²) >= 11 is 0. The number of carbonyl (C=O) groups is 2. The summed E-state index contributed by atoms with van der Waals surface area (Å²) < 4.78 is 0. The number of pyridine rings is 1. The Morgan fingerprint density at radius 3 is 2.80 bits per heavy atom. The molecule has 2 heterocycles. The molecule has 20 heavy (non-hydrogen) atoms. The highest BCUT2D eigenvalue weighted by Gasteiger charge is 2.51. The normalized spacial score (nSPS) is 21.7. The van der Waals surface area contributed by atoms with Gasteiger partial charge in [0.25, 0.3) is 5.91 Å². The molecule has 3 rings (SSSR count). The third-order valence-electron chi connectivity index (χ3n) is 3.85. The van der Waals surface area contributed by atoms with Gasteiger partial charge in [0, 0.05) is 18.0 Å². The molecule has 1 N–H and O–H groups in total. The van der Waals surface area contributed by atoms with E-state index in [2.05, 4.69) is 15.4 Å². The highest BCUT2D eigenvalue weighted by atomic mass is 16.2. The number of aromatic nitrogens is 1. The van der Waals surface area contributed by atoms with Gasteiger partial charge in [-0.3, -0.25) is 9.78 Å². The van der Waals surface area contributed by atoms with Crippen LogP contribution in [0.1, 0.15) is 37.7 Å². The summed E-state index contributed by atoms with van der Waals surface area (Å²) in [5, 5.41) is 7.77. The first-order valence-electron chi connectivity index (χ1n) is 6.82. The van der Waals surface area contributed by atoms with Gasteiger partial charge in [-0.2, -0.15) is 5.10 Å².